The third kappa shape index (κ3) is 3.28. The molecule has 2 aromatic carbocycles. The van der Waals surface area contributed by atoms with Crippen LogP contribution in [0.2, 0.25) is 0 Å². The van der Waals surface area contributed by atoms with Crippen LogP contribution in [0.1, 0.15) is 61.1 Å². The number of amides is 4. The number of nitrogens with one attached hydrogen (secondary N) is 2. The molecule has 7 heteroatoms. The van der Waals surface area contributed by atoms with E-state index in [1.807, 2.05) is 25.1 Å². The Morgan fingerprint density at radius 2 is 1.83 bits per heavy atom. The molecule has 3 aliphatic rings. The van der Waals surface area contributed by atoms with E-state index in [0.717, 1.165) is 47.8 Å². The van der Waals surface area contributed by atoms with E-state index in [1.54, 1.807) is 29.2 Å². The summed E-state index contributed by atoms with van der Waals surface area (Å²) in [5.41, 5.74) is 2.63. The summed E-state index contributed by atoms with van der Waals surface area (Å²) >= 11 is 0. The lowest BCUT2D eigenvalue weighted by Gasteiger charge is -2.35. The first-order valence-electron chi connectivity index (χ1n) is 12.5. The molecule has 1 atom stereocenters. The van der Waals surface area contributed by atoms with Gasteiger partial charge in [-0.2, -0.15) is 0 Å². The predicted molar refractivity (Wildman–Crippen MR) is 134 cm³/mol. The molecule has 0 radical (unpaired) electrons. The number of fused-ring (bicyclic) bond motifs is 5. The van der Waals surface area contributed by atoms with Crippen molar-refractivity contribution in [3.05, 3.63) is 65.4 Å². The van der Waals surface area contributed by atoms with Crippen LogP contribution in [0.5, 0.6) is 0 Å². The Labute approximate surface area is 204 Å². The molecule has 180 valence electrons. The van der Waals surface area contributed by atoms with Gasteiger partial charge in [0.2, 0.25) is 0 Å². The van der Waals surface area contributed by atoms with Gasteiger partial charge in [-0.1, -0.05) is 31.2 Å². The van der Waals surface area contributed by atoms with Crippen molar-refractivity contribution in [3.63, 3.8) is 0 Å². The van der Waals surface area contributed by atoms with E-state index in [-0.39, 0.29) is 23.9 Å². The zero-order valence-electron chi connectivity index (χ0n) is 20.1. The van der Waals surface area contributed by atoms with Crippen LogP contribution in [0.4, 0.5) is 10.5 Å². The fourth-order valence-electron chi connectivity index (χ4n) is 6.08. The molecule has 1 saturated heterocycles. The number of hydrogen-bond acceptors (Lipinski definition) is 3. The molecule has 7 nitrogen and oxygen atoms in total. The minimum Gasteiger partial charge on any atom is -0.356 e. The maximum Gasteiger partial charge on any atom is 0.332 e. The lowest BCUT2D eigenvalue weighted by molar-refractivity contribution is -0.125. The van der Waals surface area contributed by atoms with Crippen LogP contribution in [0.3, 0.4) is 0 Å². The summed E-state index contributed by atoms with van der Waals surface area (Å²) < 4.78 is 0. The Kier molecular flexibility index (Phi) is 4.99. The normalized spacial score (nSPS) is 26.1. The summed E-state index contributed by atoms with van der Waals surface area (Å²) in [6.45, 7) is 4.53. The van der Waals surface area contributed by atoms with E-state index in [1.165, 1.54) is 4.90 Å². The fraction of sp³-hybridized carbons (Fsp3) is 0.393. The smallest absolute Gasteiger partial charge is 0.332 e. The Morgan fingerprint density at radius 1 is 1.06 bits per heavy atom. The molecule has 4 amide bonds. The Balaban J connectivity index is 1.31. The maximum absolute atomic E-state index is 13.9. The van der Waals surface area contributed by atoms with E-state index >= 15 is 0 Å². The van der Waals surface area contributed by atoms with Crippen molar-refractivity contribution >= 4 is 34.4 Å². The predicted octanol–water partition coefficient (Wildman–Crippen LogP) is 4.72. The Morgan fingerprint density at radius 3 is 2.63 bits per heavy atom. The number of aromatic amines is 1. The molecule has 1 aromatic heterocycles. The van der Waals surface area contributed by atoms with Gasteiger partial charge in [-0.25, -0.2) is 9.69 Å². The number of nitrogens with zero attached hydrogens (tertiary/aromatic N) is 2. The number of H-pyrrole nitrogens is 1. The lowest BCUT2D eigenvalue weighted by Crippen LogP contribution is -2.49. The number of anilines is 1. The van der Waals surface area contributed by atoms with Crippen LogP contribution in [0.25, 0.3) is 10.9 Å². The molecular formula is C28H30N4O3. The second kappa shape index (κ2) is 7.97. The van der Waals surface area contributed by atoms with Crippen molar-refractivity contribution in [1.29, 1.82) is 0 Å². The van der Waals surface area contributed by atoms with Gasteiger partial charge in [-0.15, -0.1) is 0 Å². The minimum atomic E-state index is -1.11. The van der Waals surface area contributed by atoms with Crippen molar-refractivity contribution in [3.8, 4) is 0 Å². The standard InChI is InChI=1S/C28H30N4O3/c1-17-10-12-19(13-11-17)29-25(33)18-6-5-7-20(16-18)32-26(34)28(2)24-22(14-15-31(28)27(32)35)21-8-3-4-9-23(21)30-24/h3-9,16-17,19,30H,10-15H2,1-2H3,(H,29,33)/t17?,19?,28-/m0/s1. The van der Waals surface area contributed by atoms with E-state index in [0.29, 0.717) is 30.1 Å². The van der Waals surface area contributed by atoms with Crippen molar-refractivity contribution in [1.82, 2.24) is 15.2 Å². The number of benzene rings is 2. The van der Waals surface area contributed by atoms with E-state index in [9.17, 15) is 14.4 Å². The highest BCUT2D eigenvalue weighted by Gasteiger charge is 2.59. The molecule has 2 N–H and O–H groups in total. The fourth-order valence-corrected chi connectivity index (χ4v) is 6.08. The van der Waals surface area contributed by atoms with E-state index in [4.69, 9.17) is 0 Å². The third-order valence-electron chi connectivity index (χ3n) is 8.19. The average molecular weight is 471 g/mol. The highest BCUT2D eigenvalue weighted by molar-refractivity contribution is 6.24. The summed E-state index contributed by atoms with van der Waals surface area (Å²) in [5.74, 6) is 0.248. The highest BCUT2D eigenvalue weighted by atomic mass is 16.2. The van der Waals surface area contributed by atoms with Gasteiger partial charge in [-0.05, 0) is 74.8 Å². The van der Waals surface area contributed by atoms with Gasteiger partial charge in [0.25, 0.3) is 11.8 Å². The van der Waals surface area contributed by atoms with Crippen molar-refractivity contribution < 1.29 is 14.4 Å². The second-order valence-corrected chi connectivity index (χ2v) is 10.4. The number of imide groups is 1. The van der Waals surface area contributed by atoms with Gasteiger partial charge in [0.15, 0.2) is 5.54 Å². The maximum atomic E-state index is 13.9. The van der Waals surface area contributed by atoms with Gasteiger partial charge in [0.1, 0.15) is 0 Å². The van der Waals surface area contributed by atoms with Gasteiger partial charge < -0.3 is 15.2 Å². The first kappa shape index (κ1) is 21.9. The molecule has 3 aromatic rings. The molecule has 35 heavy (non-hydrogen) atoms. The third-order valence-corrected chi connectivity index (χ3v) is 8.19. The molecular weight excluding hydrogens is 440 g/mol. The molecule has 3 heterocycles. The number of carbonyl (C=O) groups is 3. The van der Waals surface area contributed by atoms with Crippen LogP contribution < -0.4 is 10.2 Å². The highest BCUT2D eigenvalue weighted by Crippen LogP contribution is 2.45. The van der Waals surface area contributed by atoms with E-state index < -0.39 is 5.54 Å². The lowest BCUT2D eigenvalue weighted by atomic mass is 9.87. The van der Waals surface area contributed by atoms with Crippen LogP contribution in [0, 0.1) is 5.92 Å². The minimum absolute atomic E-state index is 0.160. The number of urea groups is 1. The summed E-state index contributed by atoms with van der Waals surface area (Å²) in [6.07, 6.45) is 4.88. The Bertz CT molecular complexity index is 1350. The molecule has 1 aliphatic carbocycles. The average Bonchev–Trinajstić information content (AvgIpc) is 3.34. The first-order chi connectivity index (χ1) is 16.9. The first-order valence-corrected chi connectivity index (χ1v) is 12.5. The molecule has 2 fully saturated rings. The monoisotopic (exact) mass is 470 g/mol. The van der Waals surface area contributed by atoms with Crippen LogP contribution in [-0.4, -0.2) is 40.3 Å². The molecule has 0 spiro atoms. The van der Waals surface area contributed by atoms with Crippen molar-refractivity contribution in [2.75, 3.05) is 11.4 Å². The molecule has 0 unspecified atom stereocenters. The topological polar surface area (TPSA) is 85.5 Å². The zero-order chi connectivity index (χ0) is 24.3. The largest absolute Gasteiger partial charge is 0.356 e. The number of para-hydroxylation sites is 1. The van der Waals surface area contributed by atoms with Gasteiger partial charge in [0.05, 0.1) is 11.4 Å². The number of carbonyl (C=O) groups excluding carboxylic acids is 3. The number of aromatic nitrogens is 1. The molecule has 2 aliphatic heterocycles. The van der Waals surface area contributed by atoms with E-state index in [2.05, 4.69) is 23.3 Å². The van der Waals surface area contributed by atoms with Gasteiger partial charge in [0, 0.05) is 29.1 Å². The molecule has 6 rings (SSSR count). The summed E-state index contributed by atoms with van der Waals surface area (Å²) in [7, 11) is 0. The molecule has 0 bridgehead atoms. The van der Waals surface area contributed by atoms with Crippen molar-refractivity contribution in [2.24, 2.45) is 5.92 Å². The summed E-state index contributed by atoms with van der Waals surface area (Å²) in [6, 6.07) is 14.7. The molecule has 1 saturated carbocycles. The zero-order valence-corrected chi connectivity index (χ0v) is 20.1. The number of rotatable bonds is 3. The van der Waals surface area contributed by atoms with Crippen LogP contribution in [-0.2, 0) is 16.8 Å². The van der Waals surface area contributed by atoms with Gasteiger partial charge >= 0.3 is 6.03 Å². The van der Waals surface area contributed by atoms with Gasteiger partial charge in [-0.3, -0.25) is 9.59 Å². The summed E-state index contributed by atoms with van der Waals surface area (Å²) in [4.78, 5) is 46.7. The van der Waals surface area contributed by atoms with Crippen LogP contribution >= 0.6 is 0 Å². The second-order valence-electron chi connectivity index (χ2n) is 10.4. The van der Waals surface area contributed by atoms with Crippen molar-refractivity contribution in [2.45, 2.75) is 57.5 Å². The number of hydrogen-bond donors (Lipinski definition) is 2. The summed E-state index contributed by atoms with van der Waals surface area (Å²) in [5, 5.41) is 4.23. The SMILES string of the molecule is CC1CCC(NC(=O)c2cccc(N3C(=O)N4CCc5c([nH]c6ccccc56)[C@@]4(C)C3=O)c2)CC1. The quantitative estimate of drug-likeness (QED) is 0.544. The Hall–Kier alpha value is -3.61. The van der Waals surface area contributed by atoms with Crippen LogP contribution in [0.15, 0.2) is 48.5 Å².